The van der Waals surface area contributed by atoms with Gasteiger partial charge >= 0.3 is 0 Å². The molecule has 1 saturated heterocycles. The molecule has 1 aliphatic carbocycles. The third-order valence-electron chi connectivity index (χ3n) is 3.88. The summed E-state index contributed by atoms with van der Waals surface area (Å²) in [5, 5.41) is 5.48. The SMILES string of the molecule is CSC1(CN2C(=O)C(C)NC2c2cccs2)CC1. The summed E-state index contributed by atoms with van der Waals surface area (Å²) in [6.07, 6.45) is 4.72. The minimum absolute atomic E-state index is 0.0604. The second kappa shape index (κ2) is 4.54. The van der Waals surface area contributed by atoms with E-state index in [1.54, 1.807) is 11.3 Å². The average molecular weight is 282 g/mol. The van der Waals surface area contributed by atoms with E-state index in [2.05, 4.69) is 29.1 Å². The Balaban J connectivity index is 1.82. The van der Waals surface area contributed by atoms with Gasteiger partial charge in [-0.3, -0.25) is 10.1 Å². The minimum atomic E-state index is -0.0604. The molecule has 1 N–H and O–H groups in total. The Labute approximate surface area is 116 Å². The monoisotopic (exact) mass is 282 g/mol. The zero-order valence-corrected chi connectivity index (χ0v) is 12.3. The van der Waals surface area contributed by atoms with E-state index in [1.165, 1.54) is 17.7 Å². The Bertz CT molecular complexity index is 442. The van der Waals surface area contributed by atoms with E-state index in [4.69, 9.17) is 0 Å². The van der Waals surface area contributed by atoms with Crippen molar-refractivity contribution in [1.82, 2.24) is 10.2 Å². The number of rotatable bonds is 4. The van der Waals surface area contributed by atoms with Crippen molar-refractivity contribution in [2.45, 2.75) is 36.7 Å². The highest BCUT2D eigenvalue weighted by Crippen LogP contribution is 2.49. The van der Waals surface area contributed by atoms with Gasteiger partial charge in [-0.2, -0.15) is 11.8 Å². The van der Waals surface area contributed by atoms with E-state index in [0.717, 1.165) is 6.54 Å². The van der Waals surface area contributed by atoms with Crippen LogP contribution in [0.2, 0.25) is 0 Å². The van der Waals surface area contributed by atoms with Gasteiger partial charge in [0.15, 0.2) is 0 Å². The third kappa shape index (κ3) is 2.08. The summed E-state index contributed by atoms with van der Waals surface area (Å²) in [5.74, 6) is 0.244. The number of nitrogens with zero attached hydrogens (tertiary/aromatic N) is 1. The smallest absolute Gasteiger partial charge is 0.241 e. The zero-order chi connectivity index (χ0) is 12.8. The molecular formula is C13H18N2OS2. The first-order valence-electron chi connectivity index (χ1n) is 6.30. The molecule has 0 radical (unpaired) electrons. The standard InChI is InChI=1S/C13H18N2OS2/c1-9-12(16)15(8-13(17-2)5-6-13)11(14-9)10-4-3-7-18-10/h3-4,7,9,11,14H,5-6,8H2,1-2H3. The molecule has 18 heavy (non-hydrogen) atoms. The Kier molecular flexibility index (Phi) is 3.16. The molecule has 2 unspecified atom stereocenters. The quantitative estimate of drug-likeness (QED) is 0.921. The summed E-state index contributed by atoms with van der Waals surface area (Å²) in [4.78, 5) is 15.6. The number of carbonyl (C=O) groups excluding carboxylic acids is 1. The van der Waals surface area contributed by atoms with Crippen molar-refractivity contribution >= 4 is 29.0 Å². The molecule has 5 heteroatoms. The van der Waals surface area contributed by atoms with Gasteiger partial charge in [0.2, 0.25) is 5.91 Å². The van der Waals surface area contributed by atoms with E-state index in [1.807, 2.05) is 23.6 Å². The summed E-state index contributed by atoms with van der Waals surface area (Å²) < 4.78 is 0.330. The summed E-state index contributed by atoms with van der Waals surface area (Å²) in [5.41, 5.74) is 0. The van der Waals surface area contributed by atoms with Gasteiger partial charge in [-0.25, -0.2) is 0 Å². The van der Waals surface area contributed by atoms with Gasteiger partial charge in [-0.1, -0.05) is 6.07 Å². The molecule has 3 nitrogen and oxygen atoms in total. The number of thioether (sulfide) groups is 1. The van der Waals surface area contributed by atoms with Crippen LogP contribution in [0.4, 0.5) is 0 Å². The first kappa shape index (κ1) is 12.5. The first-order chi connectivity index (χ1) is 8.65. The Morgan fingerprint density at radius 3 is 2.94 bits per heavy atom. The lowest BCUT2D eigenvalue weighted by atomic mass is 10.3. The third-order valence-corrected chi connectivity index (χ3v) is 6.21. The number of hydrogen-bond donors (Lipinski definition) is 1. The van der Waals surface area contributed by atoms with Crippen LogP contribution in [-0.2, 0) is 4.79 Å². The predicted molar refractivity (Wildman–Crippen MR) is 76.9 cm³/mol. The van der Waals surface area contributed by atoms with Gasteiger partial charge in [0, 0.05) is 16.2 Å². The minimum Gasteiger partial charge on any atom is -0.319 e. The van der Waals surface area contributed by atoms with Crippen LogP contribution in [0.3, 0.4) is 0 Å². The highest BCUT2D eigenvalue weighted by atomic mass is 32.2. The first-order valence-corrected chi connectivity index (χ1v) is 8.41. The Morgan fingerprint density at radius 2 is 2.39 bits per heavy atom. The lowest BCUT2D eigenvalue weighted by Crippen LogP contribution is -2.36. The molecule has 98 valence electrons. The van der Waals surface area contributed by atoms with Crippen LogP contribution < -0.4 is 5.32 Å². The van der Waals surface area contributed by atoms with Gasteiger partial charge in [0.1, 0.15) is 6.17 Å². The van der Waals surface area contributed by atoms with Crippen LogP contribution in [0.1, 0.15) is 30.8 Å². The molecule has 1 aromatic rings. The van der Waals surface area contributed by atoms with Crippen LogP contribution in [0.25, 0.3) is 0 Å². The van der Waals surface area contributed by atoms with E-state index in [-0.39, 0.29) is 18.1 Å². The molecule has 1 aliphatic heterocycles. The molecule has 0 aromatic carbocycles. The Morgan fingerprint density at radius 1 is 1.61 bits per heavy atom. The summed E-state index contributed by atoms with van der Waals surface area (Å²) >= 11 is 3.63. The van der Waals surface area contributed by atoms with Crippen LogP contribution in [0.5, 0.6) is 0 Å². The maximum Gasteiger partial charge on any atom is 0.241 e. The van der Waals surface area contributed by atoms with Crippen molar-refractivity contribution in [2.24, 2.45) is 0 Å². The van der Waals surface area contributed by atoms with Gasteiger partial charge in [0.05, 0.1) is 6.04 Å². The van der Waals surface area contributed by atoms with Crippen molar-refractivity contribution in [1.29, 1.82) is 0 Å². The van der Waals surface area contributed by atoms with Gasteiger partial charge < -0.3 is 4.90 Å². The number of nitrogens with one attached hydrogen (secondary N) is 1. The second-order valence-electron chi connectivity index (χ2n) is 5.16. The van der Waals surface area contributed by atoms with Gasteiger partial charge in [-0.15, -0.1) is 11.3 Å². The van der Waals surface area contributed by atoms with E-state index in [9.17, 15) is 4.79 Å². The fourth-order valence-electron chi connectivity index (χ4n) is 2.50. The van der Waals surface area contributed by atoms with Crippen molar-refractivity contribution in [3.63, 3.8) is 0 Å². The van der Waals surface area contributed by atoms with Crippen LogP contribution in [0.15, 0.2) is 17.5 Å². The molecule has 3 rings (SSSR count). The number of thiophene rings is 1. The fraction of sp³-hybridized carbons (Fsp3) is 0.615. The molecule has 2 atom stereocenters. The number of carbonyl (C=O) groups is 1. The van der Waals surface area contributed by atoms with E-state index < -0.39 is 0 Å². The topological polar surface area (TPSA) is 32.3 Å². The van der Waals surface area contributed by atoms with Gasteiger partial charge in [0.25, 0.3) is 0 Å². The highest BCUT2D eigenvalue weighted by Gasteiger charge is 2.48. The van der Waals surface area contributed by atoms with Crippen LogP contribution in [0, 0.1) is 0 Å². The van der Waals surface area contributed by atoms with Crippen molar-refractivity contribution in [3.05, 3.63) is 22.4 Å². The lowest BCUT2D eigenvalue weighted by molar-refractivity contribution is -0.129. The molecular weight excluding hydrogens is 264 g/mol. The molecule has 1 aromatic heterocycles. The van der Waals surface area contributed by atoms with Crippen molar-refractivity contribution in [3.8, 4) is 0 Å². The van der Waals surface area contributed by atoms with Crippen molar-refractivity contribution < 1.29 is 4.79 Å². The molecule has 2 aliphatic rings. The number of hydrogen-bond acceptors (Lipinski definition) is 4. The molecule has 2 heterocycles. The normalized spacial score (nSPS) is 29.9. The maximum absolute atomic E-state index is 12.3. The largest absolute Gasteiger partial charge is 0.319 e. The zero-order valence-electron chi connectivity index (χ0n) is 10.7. The summed E-state index contributed by atoms with van der Waals surface area (Å²) in [6.45, 7) is 2.84. The Hall–Kier alpha value is -0.520. The van der Waals surface area contributed by atoms with Crippen LogP contribution in [-0.4, -0.2) is 34.4 Å². The molecule has 1 saturated carbocycles. The summed E-state index contributed by atoms with van der Waals surface area (Å²) in [6, 6.07) is 4.10. The van der Waals surface area contributed by atoms with E-state index in [0.29, 0.717) is 4.75 Å². The molecule has 0 spiro atoms. The molecule has 2 fully saturated rings. The van der Waals surface area contributed by atoms with Crippen LogP contribution >= 0.6 is 23.1 Å². The van der Waals surface area contributed by atoms with E-state index >= 15 is 0 Å². The molecule has 0 bridgehead atoms. The number of amides is 1. The van der Waals surface area contributed by atoms with Crippen molar-refractivity contribution in [2.75, 3.05) is 12.8 Å². The second-order valence-corrected chi connectivity index (χ2v) is 7.41. The fourth-order valence-corrected chi connectivity index (χ4v) is 4.08. The highest BCUT2D eigenvalue weighted by molar-refractivity contribution is 8.00. The predicted octanol–water partition coefficient (Wildman–Crippen LogP) is 2.46. The van der Waals surface area contributed by atoms with Gasteiger partial charge in [-0.05, 0) is 37.5 Å². The maximum atomic E-state index is 12.3. The average Bonchev–Trinajstić information content (AvgIpc) is 2.82. The summed E-state index contributed by atoms with van der Waals surface area (Å²) in [7, 11) is 0. The molecule has 1 amide bonds. The lowest BCUT2D eigenvalue weighted by Gasteiger charge is -2.27.